The normalized spacial score (nSPS) is 12.0. The maximum absolute atomic E-state index is 10.6. The van der Waals surface area contributed by atoms with Gasteiger partial charge in [0.2, 0.25) is 0 Å². The van der Waals surface area contributed by atoms with Gasteiger partial charge in [-0.05, 0) is 17.7 Å². The molecule has 0 spiro atoms. The van der Waals surface area contributed by atoms with Crippen LogP contribution >= 0.6 is 0 Å². The van der Waals surface area contributed by atoms with Gasteiger partial charge in [0.1, 0.15) is 5.69 Å². The first-order chi connectivity index (χ1) is 11.1. The van der Waals surface area contributed by atoms with Crippen LogP contribution in [0.2, 0.25) is 0 Å². The van der Waals surface area contributed by atoms with Gasteiger partial charge in [0, 0.05) is 17.7 Å². The molecule has 0 aliphatic carbocycles. The second kappa shape index (κ2) is 6.37. The molecule has 0 bridgehead atoms. The zero-order valence-corrected chi connectivity index (χ0v) is 12.1. The van der Waals surface area contributed by atoms with Gasteiger partial charge >= 0.3 is 0 Å². The Hall–Kier alpha value is -3.06. The smallest absolute Gasteiger partial charge is 0.269 e. The molecule has 1 N–H and O–H groups in total. The zero-order chi connectivity index (χ0) is 16.2. The van der Waals surface area contributed by atoms with Crippen LogP contribution in [-0.4, -0.2) is 25.0 Å². The van der Waals surface area contributed by atoms with Gasteiger partial charge < -0.3 is 5.11 Å². The number of aliphatic hydroxyl groups excluding tert-OH is 1. The van der Waals surface area contributed by atoms with E-state index in [9.17, 15) is 15.2 Å². The lowest BCUT2D eigenvalue weighted by molar-refractivity contribution is -0.384. The van der Waals surface area contributed by atoms with E-state index in [2.05, 4.69) is 10.3 Å². The second-order valence-corrected chi connectivity index (χ2v) is 5.06. The Kier molecular flexibility index (Phi) is 4.11. The fourth-order valence-electron chi connectivity index (χ4n) is 2.23. The molecule has 0 aliphatic rings. The molecule has 3 aromatic rings. The number of nitro groups is 1. The summed E-state index contributed by atoms with van der Waals surface area (Å²) in [6, 6.07) is 15.4. The van der Waals surface area contributed by atoms with Gasteiger partial charge in [0.25, 0.3) is 5.69 Å². The third-order valence-electron chi connectivity index (χ3n) is 3.46. The Bertz CT molecular complexity index is 800. The van der Waals surface area contributed by atoms with E-state index < -0.39 is 11.0 Å². The first kappa shape index (κ1) is 14.9. The molecule has 0 amide bonds. The van der Waals surface area contributed by atoms with Crippen LogP contribution in [0.4, 0.5) is 5.69 Å². The van der Waals surface area contributed by atoms with Crippen molar-refractivity contribution < 1.29 is 10.0 Å². The highest BCUT2D eigenvalue weighted by Crippen LogP contribution is 2.20. The van der Waals surface area contributed by atoms with Crippen LogP contribution in [0, 0.1) is 10.1 Å². The van der Waals surface area contributed by atoms with Crippen molar-refractivity contribution in [3.8, 4) is 11.3 Å². The molecule has 116 valence electrons. The summed E-state index contributed by atoms with van der Waals surface area (Å²) in [5, 5.41) is 28.9. The molecule has 3 rings (SSSR count). The van der Waals surface area contributed by atoms with Crippen molar-refractivity contribution in [2.75, 3.05) is 0 Å². The third kappa shape index (κ3) is 3.41. The molecule has 0 radical (unpaired) electrons. The topological polar surface area (TPSA) is 94.1 Å². The van der Waals surface area contributed by atoms with Crippen molar-refractivity contribution in [2.45, 2.75) is 12.6 Å². The van der Waals surface area contributed by atoms with Crippen molar-refractivity contribution >= 4 is 5.69 Å². The van der Waals surface area contributed by atoms with E-state index in [-0.39, 0.29) is 12.2 Å². The molecule has 0 unspecified atom stereocenters. The molecule has 0 saturated heterocycles. The predicted molar refractivity (Wildman–Crippen MR) is 83.5 cm³/mol. The van der Waals surface area contributed by atoms with Gasteiger partial charge in [-0.3, -0.25) is 10.1 Å². The number of aromatic nitrogens is 3. The van der Waals surface area contributed by atoms with Crippen LogP contribution in [0.5, 0.6) is 0 Å². The molecular weight excluding hydrogens is 296 g/mol. The van der Waals surface area contributed by atoms with E-state index in [1.807, 2.05) is 30.3 Å². The Morgan fingerprint density at radius 3 is 2.48 bits per heavy atom. The van der Waals surface area contributed by atoms with E-state index in [0.29, 0.717) is 5.56 Å². The highest BCUT2D eigenvalue weighted by atomic mass is 16.6. The number of non-ortho nitro benzene ring substituents is 1. The third-order valence-corrected chi connectivity index (χ3v) is 3.46. The largest absolute Gasteiger partial charge is 0.386 e. The van der Waals surface area contributed by atoms with E-state index in [1.54, 1.807) is 10.9 Å². The van der Waals surface area contributed by atoms with Crippen LogP contribution < -0.4 is 0 Å². The lowest BCUT2D eigenvalue weighted by Gasteiger charge is -2.10. The Morgan fingerprint density at radius 2 is 1.83 bits per heavy atom. The van der Waals surface area contributed by atoms with Crippen molar-refractivity contribution in [3.63, 3.8) is 0 Å². The minimum absolute atomic E-state index is 0.00642. The van der Waals surface area contributed by atoms with Crippen molar-refractivity contribution in [1.29, 1.82) is 0 Å². The van der Waals surface area contributed by atoms with Crippen molar-refractivity contribution in [3.05, 3.63) is 76.5 Å². The summed E-state index contributed by atoms with van der Waals surface area (Å²) in [6.45, 7) is 0.220. The van der Waals surface area contributed by atoms with Crippen LogP contribution in [-0.2, 0) is 6.54 Å². The lowest BCUT2D eigenvalue weighted by atomic mass is 10.1. The monoisotopic (exact) mass is 310 g/mol. The maximum atomic E-state index is 10.6. The standard InChI is InChI=1S/C16H14N4O3/c21-16(13-6-8-14(9-7-13)20(22)23)11-19-10-15(17-18-19)12-4-2-1-3-5-12/h1-10,16,21H,11H2/t16-/m1/s1. The maximum Gasteiger partial charge on any atom is 0.269 e. The minimum Gasteiger partial charge on any atom is -0.386 e. The van der Waals surface area contributed by atoms with Crippen LogP contribution in [0.15, 0.2) is 60.8 Å². The highest BCUT2D eigenvalue weighted by Gasteiger charge is 2.12. The van der Waals surface area contributed by atoms with Crippen molar-refractivity contribution in [2.24, 2.45) is 0 Å². The van der Waals surface area contributed by atoms with Crippen LogP contribution in [0.25, 0.3) is 11.3 Å². The summed E-state index contributed by atoms with van der Waals surface area (Å²) in [5.74, 6) is 0. The molecule has 0 fully saturated rings. The number of benzene rings is 2. The fourth-order valence-corrected chi connectivity index (χ4v) is 2.23. The first-order valence-corrected chi connectivity index (χ1v) is 7.01. The van der Waals surface area contributed by atoms with Gasteiger partial charge in [-0.1, -0.05) is 35.5 Å². The van der Waals surface area contributed by atoms with Gasteiger partial charge in [0.15, 0.2) is 0 Å². The molecular formula is C16H14N4O3. The lowest BCUT2D eigenvalue weighted by Crippen LogP contribution is -2.09. The number of nitro benzene ring substituents is 1. The molecule has 7 heteroatoms. The summed E-state index contributed by atoms with van der Waals surface area (Å²) in [7, 11) is 0. The van der Waals surface area contributed by atoms with Gasteiger partial charge in [-0.15, -0.1) is 5.10 Å². The summed E-state index contributed by atoms with van der Waals surface area (Å²) < 4.78 is 1.55. The molecule has 0 aliphatic heterocycles. The quantitative estimate of drug-likeness (QED) is 0.577. The van der Waals surface area contributed by atoms with E-state index >= 15 is 0 Å². The van der Waals surface area contributed by atoms with Gasteiger partial charge in [-0.25, -0.2) is 4.68 Å². The number of nitrogens with zero attached hydrogens (tertiary/aromatic N) is 4. The molecule has 0 saturated carbocycles. The fraction of sp³-hybridized carbons (Fsp3) is 0.125. The van der Waals surface area contributed by atoms with Gasteiger partial charge in [0.05, 0.1) is 23.8 Å². The molecule has 7 nitrogen and oxygen atoms in total. The van der Waals surface area contributed by atoms with E-state index in [4.69, 9.17) is 0 Å². The molecule has 23 heavy (non-hydrogen) atoms. The predicted octanol–water partition coefficient (Wildman–Crippen LogP) is 2.59. The minimum atomic E-state index is -0.818. The molecule has 2 aromatic carbocycles. The Morgan fingerprint density at radius 1 is 1.13 bits per heavy atom. The van der Waals surface area contributed by atoms with Crippen LogP contribution in [0.3, 0.4) is 0 Å². The van der Waals surface area contributed by atoms with E-state index in [0.717, 1.165) is 11.3 Å². The SMILES string of the molecule is O=[N+]([O-])c1ccc([C@H](O)Cn2cc(-c3ccccc3)nn2)cc1. The average Bonchev–Trinajstić information content (AvgIpc) is 3.04. The molecule has 1 atom stereocenters. The Balaban J connectivity index is 1.72. The first-order valence-electron chi connectivity index (χ1n) is 7.01. The number of hydrogen-bond donors (Lipinski definition) is 1. The molecule has 1 heterocycles. The average molecular weight is 310 g/mol. The number of aliphatic hydroxyl groups is 1. The summed E-state index contributed by atoms with van der Waals surface area (Å²) in [5.41, 5.74) is 2.26. The molecule has 1 aromatic heterocycles. The number of hydrogen-bond acceptors (Lipinski definition) is 5. The summed E-state index contributed by atoms with van der Waals surface area (Å²) in [4.78, 5) is 10.2. The zero-order valence-electron chi connectivity index (χ0n) is 12.1. The van der Waals surface area contributed by atoms with Crippen molar-refractivity contribution in [1.82, 2.24) is 15.0 Å². The second-order valence-electron chi connectivity index (χ2n) is 5.06. The Labute approximate surface area is 132 Å². The van der Waals surface area contributed by atoms with E-state index in [1.165, 1.54) is 24.3 Å². The summed E-state index contributed by atoms with van der Waals surface area (Å²) in [6.07, 6.45) is 0.936. The van der Waals surface area contributed by atoms with Crippen LogP contribution in [0.1, 0.15) is 11.7 Å². The highest BCUT2D eigenvalue weighted by molar-refractivity contribution is 5.57. The van der Waals surface area contributed by atoms with Gasteiger partial charge in [-0.2, -0.15) is 0 Å². The summed E-state index contributed by atoms with van der Waals surface area (Å²) >= 11 is 0. The number of rotatable bonds is 5.